The number of nitrogens with one attached hydrogen (secondary N) is 1. The average molecular weight is 320 g/mol. The third-order valence-electron chi connectivity index (χ3n) is 3.08. The van der Waals surface area contributed by atoms with Crippen molar-refractivity contribution >= 4 is 21.4 Å². The summed E-state index contributed by atoms with van der Waals surface area (Å²) in [4.78, 5) is 0.113. The topological polar surface area (TPSA) is 88.0 Å². The number of hydrogen-bond acceptors (Lipinski definition) is 5. The fraction of sp³-hybridized carbons (Fsp3) is 0.133. The molecule has 0 spiro atoms. The molecule has 0 atom stereocenters. The van der Waals surface area contributed by atoms with E-state index in [4.69, 9.17) is 9.94 Å². The van der Waals surface area contributed by atoms with E-state index in [2.05, 4.69) is 9.88 Å². The van der Waals surface area contributed by atoms with Crippen molar-refractivity contribution in [1.29, 1.82) is 0 Å². The molecular formula is C15H16N2O4S. The van der Waals surface area contributed by atoms with E-state index in [0.717, 1.165) is 0 Å². The Kier molecular flexibility index (Phi) is 4.67. The van der Waals surface area contributed by atoms with Crippen LogP contribution in [-0.4, -0.2) is 26.4 Å². The largest absolute Gasteiger partial charge is 0.497 e. The molecule has 0 aromatic heterocycles. The van der Waals surface area contributed by atoms with Crippen LogP contribution < -0.4 is 9.46 Å². The molecule has 2 rings (SSSR count). The lowest BCUT2D eigenvalue weighted by molar-refractivity contribution is 0.319. The predicted octanol–water partition coefficient (Wildman–Crippen LogP) is 2.69. The highest BCUT2D eigenvalue weighted by Crippen LogP contribution is 2.22. The molecule has 7 heteroatoms. The number of oxime groups is 1. The van der Waals surface area contributed by atoms with E-state index >= 15 is 0 Å². The van der Waals surface area contributed by atoms with Gasteiger partial charge in [0.1, 0.15) is 5.75 Å². The number of methoxy groups -OCH3 is 1. The summed E-state index contributed by atoms with van der Waals surface area (Å²) in [6.45, 7) is 1.58. The van der Waals surface area contributed by atoms with Crippen molar-refractivity contribution in [2.45, 2.75) is 11.8 Å². The van der Waals surface area contributed by atoms with Gasteiger partial charge in [0.15, 0.2) is 0 Å². The lowest BCUT2D eigenvalue weighted by Crippen LogP contribution is -2.15. The molecule has 0 radical (unpaired) electrons. The lowest BCUT2D eigenvalue weighted by Gasteiger charge is -2.12. The number of sulfonamides is 1. The van der Waals surface area contributed by atoms with Gasteiger partial charge in [0, 0.05) is 5.56 Å². The summed E-state index contributed by atoms with van der Waals surface area (Å²) in [6, 6.07) is 12.7. The van der Waals surface area contributed by atoms with Crippen molar-refractivity contribution in [3.8, 4) is 5.75 Å². The zero-order valence-corrected chi connectivity index (χ0v) is 13.0. The Morgan fingerprint density at radius 1 is 1.14 bits per heavy atom. The van der Waals surface area contributed by atoms with E-state index in [9.17, 15) is 8.42 Å². The molecule has 0 heterocycles. The number of para-hydroxylation sites is 1. The van der Waals surface area contributed by atoms with E-state index in [0.29, 0.717) is 22.7 Å². The molecule has 0 amide bonds. The third kappa shape index (κ3) is 3.37. The molecule has 2 N–H and O–H groups in total. The third-order valence-corrected chi connectivity index (χ3v) is 4.46. The van der Waals surface area contributed by atoms with E-state index < -0.39 is 10.0 Å². The summed E-state index contributed by atoms with van der Waals surface area (Å²) < 4.78 is 32.3. The fourth-order valence-corrected chi connectivity index (χ4v) is 2.98. The second-order valence-electron chi connectivity index (χ2n) is 4.51. The van der Waals surface area contributed by atoms with E-state index in [1.165, 1.54) is 19.2 Å². The van der Waals surface area contributed by atoms with E-state index in [-0.39, 0.29) is 4.90 Å². The zero-order valence-electron chi connectivity index (χ0n) is 12.1. The Balaban J connectivity index is 2.37. The van der Waals surface area contributed by atoms with Gasteiger partial charge in [0.05, 0.1) is 23.4 Å². The maximum Gasteiger partial charge on any atom is 0.261 e. The standard InChI is InChI=1S/C15H16N2O4S/c1-11(16-18)14-5-3-4-6-15(14)17-22(19,20)13-9-7-12(21-2)8-10-13/h3-10,17-18H,1-2H3/b16-11-. The molecule has 0 saturated carbocycles. The Hall–Kier alpha value is -2.54. The van der Waals surface area contributed by atoms with Gasteiger partial charge in [-0.15, -0.1) is 0 Å². The predicted molar refractivity (Wildman–Crippen MR) is 84.2 cm³/mol. The molecule has 2 aromatic rings. The molecule has 0 aliphatic heterocycles. The molecular weight excluding hydrogens is 304 g/mol. The van der Waals surface area contributed by atoms with Gasteiger partial charge in [-0.1, -0.05) is 23.4 Å². The zero-order chi connectivity index (χ0) is 16.2. The first kappa shape index (κ1) is 15.8. The van der Waals surface area contributed by atoms with Crippen LogP contribution in [0.1, 0.15) is 12.5 Å². The number of benzene rings is 2. The Bertz CT molecular complexity index is 783. The summed E-state index contributed by atoms with van der Waals surface area (Å²) in [5.41, 5.74) is 1.16. The van der Waals surface area contributed by atoms with Gasteiger partial charge in [0.2, 0.25) is 0 Å². The van der Waals surface area contributed by atoms with Gasteiger partial charge < -0.3 is 9.94 Å². The summed E-state index contributed by atoms with van der Waals surface area (Å²) in [5, 5.41) is 12.0. The minimum absolute atomic E-state index is 0.113. The maximum absolute atomic E-state index is 12.4. The van der Waals surface area contributed by atoms with Crippen LogP contribution in [0.25, 0.3) is 0 Å². The van der Waals surface area contributed by atoms with Crippen LogP contribution in [0.2, 0.25) is 0 Å². The van der Waals surface area contributed by atoms with E-state index in [1.807, 2.05) is 0 Å². The lowest BCUT2D eigenvalue weighted by atomic mass is 10.1. The van der Waals surface area contributed by atoms with Crippen LogP contribution in [0.15, 0.2) is 58.6 Å². The normalized spacial score (nSPS) is 12.0. The first-order valence-corrected chi connectivity index (χ1v) is 7.91. The average Bonchev–Trinajstić information content (AvgIpc) is 2.54. The van der Waals surface area contributed by atoms with Gasteiger partial charge in [0.25, 0.3) is 10.0 Å². The SMILES string of the molecule is COc1ccc(S(=O)(=O)Nc2ccccc2/C(C)=N\O)cc1. The molecule has 0 aliphatic rings. The molecule has 0 aliphatic carbocycles. The van der Waals surface area contributed by atoms with Gasteiger partial charge in [-0.25, -0.2) is 8.42 Å². The molecule has 0 saturated heterocycles. The second-order valence-corrected chi connectivity index (χ2v) is 6.19. The van der Waals surface area contributed by atoms with Crippen LogP contribution in [0.4, 0.5) is 5.69 Å². The van der Waals surface area contributed by atoms with Crippen molar-refractivity contribution in [3.05, 3.63) is 54.1 Å². The second kappa shape index (κ2) is 6.48. The first-order chi connectivity index (χ1) is 10.5. The molecule has 0 unspecified atom stereocenters. The first-order valence-electron chi connectivity index (χ1n) is 6.43. The summed E-state index contributed by atoms with van der Waals surface area (Å²) in [7, 11) is -2.24. The summed E-state index contributed by atoms with van der Waals surface area (Å²) in [5.74, 6) is 0.572. The van der Waals surface area contributed by atoms with Crippen molar-refractivity contribution in [1.82, 2.24) is 0 Å². The molecule has 22 heavy (non-hydrogen) atoms. The quantitative estimate of drug-likeness (QED) is 0.504. The Labute approximate surface area is 129 Å². The minimum atomic E-state index is -3.74. The van der Waals surface area contributed by atoms with Gasteiger partial charge >= 0.3 is 0 Å². The number of ether oxygens (including phenoxy) is 1. The molecule has 116 valence electrons. The molecule has 0 bridgehead atoms. The highest BCUT2D eigenvalue weighted by molar-refractivity contribution is 7.92. The number of anilines is 1. The monoisotopic (exact) mass is 320 g/mol. The van der Waals surface area contributed by atoms with Crippen LogP contribution in [0.5, 0.6) is 5.75 Å². The van der Waals surface area contributed by atoms with Gasteiger partial charge in [-0.05, 0) is 37.3 Å². The maximum atomic E-state index is 12.4. The molecule has 2 aromatic carbocycles. The van der Waals surface area contributed by atoms with Crippen LogP contribution >= 0.6 is 0 Å². The van der Waals surface area contributed by atoms with Gasteiger partial charge in [-0.2, -0.15) is 0 Å². The van der Waals surface area contributed by atoms with E-state index in [1.54, 1.807) is 43.3 Å². The number of rotatable bonds is 5. The van der Waals surface area contributed by atoms with Crippen LogP contribution in [0, 0.1) is 0 Å². The highest BCUT2D eigenvalue weighted by atomic mass is 32.2. The fourth-order valence-electron chi connectivity index (χ4n) is 1.90. The summed E-state index contributed by atoms with van der Waals surface area (Å²) >= 11 is 0. The summed E-state index contributed by atoms with van der Waals surface area (Å²) in [6.07, 6.45) is 0. The van der Waals surface area contributed by atoms with Crippen LogP contribution in [0.3, 0.4) is 0 Å². The van der Waals surface area contributed by atoms with Crippen molar-refractivity contribution in [2.24, 2.45) is 5.16 Å². The van der Waals surface area contributed by atoms with Crippen molar-refractivity contribution in [3.63, 3.8) is 0 Å². The smallest absolute Gasteiger partial charge is 0.261 e. The Morgan fingerprint density at radius 2 is 1.77 bits per heavy atom. The Morgan fingerprint density at radius 3 is 2.36 bits per heavy atom. The highest BCUT2D eigenvalue weighted by Gasteiger charge is 2.16. The van der Waals surface area contributed by atoms with Crippen molar-refractivity contribution in [2.75, 3.05) is 11.8 Å². The van der Waals surface area contributed by atoms with Crippen LogP contribution in [-0.2, 0) is 10.0 Å². The molecule has 0 fully saturated rings. The minimum Gasteiger partial charge on any atom is -0.497 e. The number of hydrogen-bond donors (Lipinski definition) is 2. The molecule has 6 nitrogen and oxygen atoms in total. The van der Waals surface area contributed by atoms with Gasteiger partial charge in [-0.3, -0.25) is 4.72 Å². The van der Waals surface area contributed by atoms with Crippen molar-refractivity contribution < 1.29 is 18.4 Å². The number of nitrogens with zero attached hydrogens (tertiary/aromatic N) is 1.